The zero-order chi connectivity index (χ0) is 18.3. The lowest BCUT2D eigenvalue weighted by Gasteiger charge is -2.01. The first-order valence-corrected chi connectivity index (χ1v) is 9.47. The molecule has 0 atom stereocenters. The summed E-state index contributed by atoms with van der Waals surface area (Å²) in [5.41, 5.74) is 0.760. The van der Waals surface area contributed by atoms with Crippen LogP contribution in [0.5, 0.6) is 5.75 Å². The molecule has 0 unspecified atom stereocenters. The van der Waals surface area contributed by atoms with Crippen LogP contribution >= 0.6 is 11.3 Å². The molecule has 2 aromatic rings. The van der Waals surface area contributed by atoms with Crippen molar-refractivity contribution in [2.75, 3.05) is 22.9 Å². The maximum atomic E-state index is 11.8. The van der Waals surface area contributed by atoms with Crippen molar-refractivity contribution < 1.29 is 17.9 Å². The van der Waals surface area contributed by atoms with Crippen molar-refractivity contribution in [3.63, 3.8) is 0 Å². The van der Waals surface area contributed by atoms with Gasteiger partial charge in [0.05, 0.1) is 6.26 Å². The number of hydrogen-bond acceptors (Lipinski definition) is 8. The fourth-order valence-electron chi connectivity index (χ4n) is 1.58. The Morgan fingerprint density at radius 2 is 2.00 bits per heavy atom. The molecular formula is C14H13N5O4S2. The Labute approximate surface area is 148 Å². The molecule has 0 aliphatic rings. The average molecular weight is 379 g/mol. The van der Waals surface area contributed by atoms with Crippen LogP contribution in [0.2, 0.25) is 0 Å². The van der Waals surface area contributed by atoms with Gasteiger partial charge in [0.15, 0.2) is 6.61 Å². The van der Waals surface area contributed by atoms with E-state index >= 15 is 0 Å². The van der Waals surface area contributed by atoms with Crippen molar-refractivity contribution >= 4 is 43.6 Å². The minimum atomic E-state index is -3.44. The lowest BCUT2D eigenvalue weighted by atomic mass is 10.2. The van der Waals surface area contributed by atoms with Crippen LogP contribution in [-0.4, -0.2) is 37.4 Å². The smallest absolute Gasteiger partial charge is 0.250 e. The van der Waals surface area contributed by atoms with Crippen LogP contribution in [0.3, 0.4) is 0 Å². The van der Waals surface area contributed by atoms with Crippen molar-refractivity contribution in [1.29, 1.82) is 5.26 Å². The number of benzene rings is 1. The summed E-state index contributed by atoms with van der Waals surface area (Å²) >= 11 is 0.898. The van der Waals surface area contributed by atoms with Gasteiger partial charge in [-0.05, 0) is 23.8 Å². The number of rotatable bonds is 7. The molecule has 11 heteroatoms. The molecule has 0 saturated carbocycles. The van der Waals surface area contributed by atoms with Gasteiger partial charge in [-0.1, -0.05) is 23.5 Å². The van der Waals surface area contributed by atoms with Gasteiger partial charge < -0.3 is 4.74 Å². The first-order chi connectivity index (χ1) is 11.9. The van der Waals surface area contributed by atoms with E-state index in [0.29, 0.717) is 5.75 Å². The van der Waals surface area contributed by atoms with Gasteiger partial charge in [-0.15, -0.1) is 10.2 Å². The third-order valence-electron chi connectivity index (χ3n) is 2.54. The van der Waals surface area contributed by atoms with E-state index in [1.54, 1.807) is 30.3 Å². The maximum Gasteiger partial charge on any atom is 0.250 e. The second kappa shape index (κ2) is 8.22. The van der Waals surface area contributed by atoms with E-state index in [4.69, 9.17) is 10.00 Å². The normalized spacial score (nSPS) is 11.0. The Morgan fingerprint density at radius 3 is 2.64 bits per heavy atom. The van der Waals surface area contributed by atoms with Gasteiger partial charge in [-0.2, -0.15) is 5.26 Å². The van der Waals surface area contributed by atoms with E-state index in [1.807, 2.05) is 6.07 Å². The van der Waals surface area contributed by atoms with Gasteiger partial charge in [0, 0.05) is 6.08 Å². The predicted octanol–water partition coefficient (Wildman–Crippen LogP) is 1.46. The zero-order valence-electron chi connectivity index (χ0n) is 13.0. The zero-order valence-corrected chi connectivity index (χ0v) is 14.6. The third-order valence-corrected chi connectivity index (χ3v) is 3.99. The topological polar surface area (TPSA) is 134 Å². The molecule has 0 saturated heterocycles. The molecule has 0 aliphatic carbocycles. The summed E-state index contributed by atoms with van der Waals surface area (Å²) in [5, 5.41) is 18.4. The molecule has 2 rings (SSSR count). The summed E-state index contributed by atoms with van der Waals surface area (Å²) < 4.78 is 29.4. The fourth-order valence-corrected chi connectivity index (χ4v) is 3.06. The molecular weight excluding hydrogens is 366 g/mol. The Hall–Kier alpha value is -2.97. The van der Waals surface area contributed by atoms with E-state index in [9.17, 15) is 13.2 Å². The second-order valence-corrected chi connectivity index (χ2v) is 7.35. The SMILES string of the molecule is CS(=O)(=O)Nc1nnc(NC(=O)C=Cc2ccc(OCC#N)cc2)s1. The van der Waals surface area contributed by atoms with Gasteiger partial charge in [-0.25, -0.2) is 8.42 Å². The number of nitrogens with one attached hydrogen (secondary N) is 2. The highest BCUT2D eigenvalue weighted by Crippen LogP contribution is 2.20. The fraction of sp³-hybridized carbons (Fsp3) is 0.143. The summed E-state index contributed by atoms with van der Waals surface area (Å²) in [4.78, 5) is 11.8. The number of carbonyl (C=O) groups excluding carboxylic acids is 1. The highest BCUT2D eigenvalue weighted by Gasteiger charge is 2.09. The highest BCUT2D eigenvalue weighted by atomic mass is 32.2. The molecule has 130 valence electrons. The molecule has 9 nitrogen and oxygen atoms in total. The number of aromatic nitrogens is 2. The molecule has 0 spiro atoms. The van der Waals surface area contributed by atoms with Crippen LogP contribution in [0.1, 0.15) is 5.56 Å². The number of carbonyl (C=O) groups is 1. The van der Waals surface area contributed by atoms with Gasteiger partial charge in [0.25, 0.3) is 0 Å². The van der Waals surface area contributed by atoms with Crippen LogP contribution in [0.4, 0.5) is 10.3 Å². The van der Waals surface area contributed by atoms with Gasteiger partial charge in [0.1, 0.15) is 11.8 Å². The van der Waals surface area contributed by atoms with Crippen molar-refractivity contribution in [2.24, 2.45) is 0 Å². The van der Waals surface area contributed by atoms with Crippen molar-refractivity contribution in [3.8, 4) is 11.8 Å². The largest absolute Gasteiger partial charge is 0.479 e. The number of ether oxygens (including phenoxy) is 1. The first-order valence-electron chi connectivity index (χ1n) is 6.76. The quantitative estimate of drug-likeness (QED) is 0.696. The van der Waals surface area contributed by atoms with Crippen LogP contribution < -0.4 is 14.8 Å². The Morgan fingerprint density at radius 1 is 1.32 bits per heavy atom. The van der Waals surface area contributed by atoms with E-state index < -0.39 is 15.9 Å². The van der Waals surface area contributed by atoms with Crippen molar-refractivity contribution in [3.05, 3.63) is 35.9 Å². The van der Waals surface area contributed by atoms with E-state index in [1.165, 1.54) is 6.08 Å². The van der Waals surface area contributed by atoms with Gasteiger partial charge >= 0.3 is 0 Å². The van der Waals surface area contributed by atoms with Gasteiger partial charge in [-0.3, -0.25) is 14.8 Å². The van der Waals surface area contributed by atoms with Crippen LogP contribution in [0.15, 0.2) is 30.3 Å². The Balaban J connectivity index is 1.91. The molecule has 1 aromatic carbocycles. The third kappa shape index (κ3) is 6.58. The lowest BCUT2D eigenvalue weighted by molar-refractivity contribution is -0.111. The summed E-state index contributed by atoms with van der Waals surface area (Å²) in [6, 6.07) is 8.70. The van der Waals surface area contributed by atoms with Crippen molar-refractivity contribution in [1.82, 2.24) is 10.2 Å². The van der Waals surface area contributed by atoms with Crippen LogP contribution in [-0.2, 0) is 14.8 Å². The first kappa shape index (κ1) is 18.4. The Kier molecular flexibility index (Phi) is 6.04. The van der Waals surface area contributed by atoms with E-state index in [0.717, 1.165) is 23.2 Å². The standard InChI is InChI=1S/C14H13N5O4S2/c1-25(21,22)19-14-18-17-13(24-14)16-12(20)7-4-10-2-5-11(6-3-10)23-9-8-15/h2-7H,9H2,1H3,(H,18,19)(H,16,17,20). The summed E-state index contributed by atoms with van der Waals surface area (Å²) in [6.07, 6.45) is 3.88. The molecule has 2 N–H and O–H groups in total. The van der Waals surface area contributed by atoms with Crippen LogP contribution in [0.25, 0.3) is 6.08 Å². The average Bonchev–Trinajstić information content (AvgIpc) is 2.96. The molecule has 1 amide bonds. The number of hydrogen-bond donors (Lipinski definition) is 2. The molecule has 0 fully saturated rings. The Bertz CT molecular complexity index is 913. The molecule has 0 radical (unpaired) electrons. The summed E-state index contributed by atoms with van der Waals surface area (Å²) in [7, 11) is -3.44. The number of amides is 1. The molecule has 25 heavy (non-hydrogen) atoms. The van der Waals surface area contributed by atoms with E-state index in [2.05, 4.69) is 20.2 Å². The summed E-state index contributed by atoms with van der Waals surface area (Å²) in [5.74, 6) is 0.120. The maximum absolute atomic E-state index is 11.8. The number of anilines is 2. The molecule has 1 aromatic heterocycles. The van der Waals surface area contributed by atoms with Gasteiger partial charge in [0.2, 0.25) is 26.2 Å². The predicted molar refractivity (Wildman–Crippen MR) is 93.6 cm³/mol. The monoisotopic (exact) mass is 379 g/mol. The summed E-state index contributed by atoms with van der Waals surface area (Å²) in [6.45, 7) is -0.0321. The van der Waals surface area contributed by atoms with E-state index in [-0.39, 0.29) is 16.9 Å². The highest BCUT2D eigenvalue weighted by molar-refractivity contribution is 7.92. The molecule has 0 aliphatic heterocycles. The second-order valence-electron chi connectivity index (χ2n) is 4.63. The minimum absolute atomic E-state index is 0.0321. The molecule has 0 bridgehead atoms. The molecule has 1 heterocycles. The van der Waals surface area contributed by atoms with Crippen molar-refractivity contribution in [2.45, 2.75) is 0 Å². The number of nitriles is 1. The minimum Gasteiger partial charge on any atom is -0.479 e. The lowest BCUT2D eigenvalue weighted by Crippen LogP contribution is -2.09. The number of nitrogens with zero attached hydrogens (tertiary/aromatic N) is 3. The number of sulfonamides is 1. The van der Waals surface area contributed by atoms with Crippen LogP contribution in [0, 0.1) is 11.3 Å².